The summed E-state index contributed by atoms with van der Waals surface area (Å²) in [7, 11) is 0. The van der Waals surface area contributed by atoms with Gasteiger partial charge in [-0.1, -0.05) is 45.1 Å². The highest BCUT2D eigenvalue weighted by atomic mass is 19.2. The summed E-state index contributed by atoms with van der Waals surface area (Å²) in [6.07, 6.45) is 8.00. The molecule has 2 rings (SSSR count). The molecule has 1 fully saturated rings. The van der Waals surface area contributed by atoms with Crippen LogP contribution in [0.1, 0.15) is 63.4 Å². The van der Waals surface area contributed by atoms with Gasteiger partial charge in [0.15, 0.2) is 11.6 Å². The molecule has 0 amide bonds. The molecule has 0 spiro atoms. The van der Waals surface area contributed by atoms with Gasteiger partial charge in [0, 0.05) is 5.92 Å². The fourth-order valence-electron chi connectivity index (χ4n) is 3.68. The Bertz CT molecular complexity index is 444. The van der Waals surface area contributed by atoms with Gasteiger partial charge in [-0.15, -0.1) is 0 Å². The summed E-state index contributed by atoms with van der Waals surface area (Å²) in [5.74, 6) is -1.09. The van der Waals surface area contributed by atoms with Crippen molar-refractivity contribution in [1.29, 1.82) is 0 Å². The SMILES string of the molecule is CCCCC1CCCC(C(CF)c2ccc(F)c(F)c2)C1. The zero-order valence-corrected chi connectivity index (χ0v) is 12.8. The molecule has 118 valence electrons. The predicted octanol–water partition coefficient (Wildman–Crippen LogP) is 6.01. The molecule has 0 N–H and O–H groups in total. The Morgan fingerprint density at radius 1 is 1.19 bits per heavy atom. The van der Waals surface area contributed by atoms with Crippen molar-refractivity contribution < 1.29 is 13.2 Å². The van der Waals surface area contributed by atoms with Gasteiger partial charge >= 0.3 is 0 Å². The van der Waals surface area contributed by atoms with E-state index in [1.165, 1.54) is 37.8 Å². The third-order valence-corrected chi connectivity index (χ3v) is 4.90. The second-order valence-corrected chi connectivity index (χ2v) is 6.37. The average Bonchev–Trinajstić information content (AvgIpc) is 2.50. The molecule has 0 nitrogen and oxygen atoms in total. The van der Waals surface area contributed by atoms with E-state index in [-0.39, 0.29) is 11.8 Å². The summed E-state index contributed by atoms with van der Waals surface area (Å²) in [5, 5.41) is 0. The third kappa shape index (κ3) is 4.24. The van der Waals surface area contributed by atoms with Gasteiger partial charge in [-0.25, -0.2) is 8.78 Å². The number of hydrogen-bond donors (Lipinski definition) is 0. The number of hydrogen-bond acceptors (Lipinski definition) is 0. The molecule has 1 aliphatic carbocycles. The van der Waals surface area contributed by atoms with Crippen molar-refractivity contribution in [2.24, 2.45) is 11.8 Å². The predicted molar refractivity (Wildman–Crippen MR) is 80.0 cm³/mol. The maximum absolute atomic E-state index is 13.5. The minimum Gasteiger partial charge on any atom is -0.250 e. The van der Waals surface area contributed by atoms with E-state index in [2.05, 4.69) is 6.92 Å². The summed E-state index contributed by atoms with van der Waals surface area (Å²) >= 11 is 0. The summed E-state index contributed by atoms with van der Waals surface area (Å²) < 4.78 is 40.0. The lowest BCUT2D eigenvalue weighted by molar-refractivity contribution is 0.201. The van der Waals surface area contributed by atoms with E-state index in [4.69, 9.17) is 0 Å². The monoisotopic (exact) mass is 298 g/mol. The second kappa shape index (κ2) is 7.86. The van der Waals surface area contributed by atoms with Crippen molar-refractivity contribution >= 4 is 0 Å². The number of alkyl halides is 1. The Hall–Kier alpha value is -0.990. The Balaban J connectivity index is 2.07. The first kappa shape index (κ1) is 16.4. The summed E-state index contributed by atoms with van der Waals surface area (Å²) in [6, 6.07) is 3.83. The molecule has 1 saturated carbocycles. The number of benzene rings is 1. The second-order valence-electron chi connectivity index (χ2n) is 6.37. The standard InChI is InChI=1S/C18H25F3/c1-2-3-5-13-6-4-7-14(10-13)16(12-19)15-8-9-17(20)18(21)11-15/h8-9,11,13-14,16H,2-7,10,12H2,1H3. The Morgan fingerprint density at radius 2 is 2.00 bits per heavy atom. The van der Waals surface area contributed by atoms with Crippen LogP contribution in [-0.2, 0) is 0 Å². The molecule has 0 aromatic heterocycles. The molecule has 1 aromatic rings. The van der Waals surface area contributed by atoms with Crippen molar-refractivity contribution in [3.05, 3.63) is 35.4 Å². The molecule has 0 bridgehead atoms. The lowest BCUT2D eigenvalue weighted by Gasteiger charge is -2.34. The van der Waals surface area contributed by atoms with Crippen molar-refractivity contribution in [1.82, 2.24) is 0 Å². The lowest BCUT2D eigenvalue weighted by atomic mass is 9.72. The van der Waals surface area contributed by atoms with Crippen LogP contribution in [-0.4, -0.2) is 6.67 Å². The number of rotatable bonds is 6. The van der Waals surface area contributed by atoms with Crippen molar-refractivity contribution in [3.8, 4) is 0 Å². The highest BCUT2D eigenvalue weighted by Gasteiger charge is 2.29. The van der Waals surface area contributed by atoms with Gasteiger partial charge in [-0.2, -0.15) is 0 Å². The van der Waals surface area contributed by atoms with E-state index in [1.54, 1.807) is 0 Å². The van der Waals surface area contributed by atoms with E-state index in [0.717, 1.165) is 25.3 Å². The molecular formula is C18H25F3. The molecule has 1 aliphatic rings. The van der Waals surface area contributed by atoms with Crippen molar-refractivity contribution in [2.45, 2.75) is 57.8 Å². The average molecular weight is 298 g/mol. The van der Waals surface area contributed by atoms with Gasteiger partial charge in [-0.3, -0.25) is 4.39 Å². The summed E-state index contributed by atoms with van der Waals surface area (Å²) in [5.41, 5.74) is 0.609. The van der Waals surface area contributed by atoms with Crippen LogP contribution in [0.15, 0.2) is 18.2 Å². The Kier molecular flexibility index (Phi) is 6.13. The molecule has 21 heavy (non-hydrogen) atoms. The molecule has 1 aromatic carbocycles. The number of halogens is 3. The fourth-order valence-corrected chi connectivity index (χ4v) is 3.68. The van der Waals surface area contributed by atoms with E-state index in [1.807, 2.05) is 0 Å². The van der Waals surface area contributed by atoms with Crippen LogP contribution in [0.3, 0.4) is 0 Å². The van der Waals surface area contributed by atoms with E-state index in [9.17, 15) is 13.2 Å². The quantitative estimate of drug-likeness (QED) is 0.603. The molecule has 3 atom stereocenters. The van der Waals surface area contributed by atoms with Crippen LogP contribution in [0.25, 0.3) is 0 Å². The largest absolute Gasteiger partial charge is 0.250 e. The minimum atomic E-state index is -0.871. The van der Waals surface area contributed by atoms with Crippen LogP contribution in [0.2, 0.25) is 0 Å². The first-order chi connectivity index (χ1) is 10.2. The first-order valence-electron chi connectivity index (χ1n) is 8.16. The highest BCUT2D eigenvalue weighted by Crippen LogP contribution is 2.40. The fraction of sp³-hybridized carbons (Fsp3) is 0.667. The van der Waals surface area contributed by atoms with E-state index >= 15 is 0 Å². The van der Waals surface area contributed by atoms with Crippen LogP contribution < -0.4 is 0 Å². The maximum atomic E-state index is 13.5. The van der Waals surface area contributed by atoms with Crippen molar-refractivity contribution in [3.63, 3.8) is 0 Å². The molecule has 3 heteroatoms. The summed E-state index contributed by atoms with van der Waals surface area (Å²) in [4.78, 5) is 0. The third-order valence-electron chi connectivity index (χ3n) is 4.90. The molecule has 0 heterocycles. The number of unbranched alkanes of at least 4 members (excludes halogenated alkanes) is 1. The Morgan fingerprint density at radius 3 is 2.67 bits per heavy atom. The van der Waals surface area contributed by atoms with Crippen LogP contribution in [0.5, 0.6) is 0 Å². The van der Waals surface area contributed by atoms with Gasteiger partial charge in [0.2, 0.25) is 0 Å². The maximum Gasteiger partial charge on any atom is 0.159 e. The molecular weight excluding hydrogens is 273 g/mol. The minimum absolute atomic E-state index is 0.260. The van der Waals surface area contributed by atoms with E-state index < -0.39 is 18.3 Å². The molecule has 0 radical (unpaired) electrons. The van der Waals surface area contributed by atoms with Gasteiger partial charge in [0.25, 0.3) is 0 Å². The van der Waals surface area contributed by atoms with Crippen LogP contribution in [0, 0.1) is 23.5 Å². The van der Waals surface area contributed by atoms with Crippen LogP contribution in [0.4, 0.5) is 13.2 Å². The first-order valence-corrected chi connectivity index (χ1v) is 8.16. The van der Waals surface area contributed by atoms with Crippen molar-refractivity contribution in [2.75, 3.05) is 6.67 Å². The lowest BCUT2D eigenvalue weighted by Crippen LogP contribution is -2.23. The topological polar surface area (TPSA) is 0 Å². The van der Waals surface area contributed by atoms with Gasteiger partial charge in [0.1, 0.15) is 0 Å². The highest BCUT2D eigenvalue weighted by molar-refractivity contribution is 5.23. The Labute approximate surface area is 125 Å². The molecule has 3 unspecified atom stereocenters. The van der Waals surface area contributed by atoms with E-state index in [0.29, 0.717) is 11.5 Å². The summed E-state index contributed by atoms with van der Waals surface area (Å²) in [6.45, 7) is 1.70. The molecule has 0 aliphatic heterocycles. The van der Waals surface area contributed by atoms with Gasteiger partial charge < -0.3 is 0 Å². The zero-order chi connectivity index (χ0) is 15.2. The normalized spacial score (nSPS) is 24.0. The van der Waals surface area contributed by atoms with Crippen LogP contribution >= 0.6 is 0 Å². The zero-order valence-electron chi connectivity index (χ0n) is 12.8. The van der Waals surface area contributed by atoms with Gasteiger partial charge in [0.05, 0.1) is 6.67 Å². The smallest absolute Gasteiger partial charge is 0.159 e. The molecule has 0 saturated heterocycles. The van der Waals surface area contributed by atoms with Gasteiger partial charge in [-0.05, 0) is 42.4 Å².